The molecule has 102 valence electrons. The molecule has 18 heavy (non-hydrogen) atoms. The summed E-state index contributed by atoms with van der Waals surface area (Å²) in [6.07, 6.45) is 3.96. The zero-order chi connectivity index (χ0) is 13.5. The highest BCUT2D eigenvalue weighted by molar-refractivity contribution is 5.30. The van der Waals surface area contributed by atoms with Gasteiger partial charge in [-0.3, -0.25) is 0 Å². The second-order valence-electron chi connectivity index (χ2n) is 4.62. The number of nitrogens with one attached hydrogen (secondary N) is 1. The molecule has 0 bridgehead atoms. The van der Waals surface area contributed by atoms with E-state index in [2.05, 4.69) is 53.3 Å². The average Bonchev–Trinajstić information content (AvgIpc) is 2.74. The van der Waals surface area contributed by atoms with Crippen molar-refractivity contribution in [2.24, 2.45) is 0 Å². The van der Waals surface area contributed by atoms with E-state index in [1.165, 1.54) is 0 Å². The lowest BCUT2D eigenvalue weighted by atomic mass is 10.3. The van der Waals surface area contributed by atoms with E-state index in [1.807, 2.05) is 13.0 Å². The molecule has 1 unspecified atom stereocenters. The van der Waals surface area contributed by atoms with E-state index < -0.39 is 0 Å². The first-order valence-corrected chi connectivity index (χ1v) is 6.74. The van der Waals surface area contributed by atoms with Crippen molar-refractivity contribution in [1.82, 2.24) is 14.5 Å². The fraction of sp³-hybridized carbons (Fsp3) is 0.643. The number of anilines is 1. The summed E-state index contributed by atoms with van der Waals surface area (Å²) in [4.78, 5) is 6.94. The predicted octanol–water partition coefficient (Wildman–Crippen LogP) is 2.69. The van der Waals surface area contributed by atoms with E-state index >= 15 is 0 Å². The van der Waals surface area contributed by atoms with Gasteiger partial charge in [0.25, 0.3) is 0 Å². The third-order valence-electron chi connectivity index (χ3n) is 3.15. The number of aromatic nitrogens is 2. The number of hydrogen-bond donors (Lipinski definition) is 1. The molecule has 0 spiro atoms. The van der Waals surface area contributed by atoms with Gasteiger partial charge >= 0.3 is 0 Å². The van der Waals surface area contributed by atoms with Gasteiger partial charge in [-0.1, -0.05) is 19.9 Å². The van der Waals surface area contributed by atoms with Crippen LogP contribution in [0.4, 0.5) is 5.95 Å². The van der Waals surface area contributed by atoms with E-state index in [-0.39, 0.29) is 0 Å². The summed E-state index contributed by atoms with van der Waals surface area (Å²) in [5.41, 5.74) is 1.05. The van der Waals surface area contributed by atoms with Gasteiger partial charge in [0.1, 0.15) is 0 Å². The van der Waals surface area contributed by atoms with Crippen LogP contribution in [0, 0.1) is 6.92 Å². The van der Waals surface area contributed by atoms with Gasteiger partial charge in [0, 0.05) is 25.3 Å². The van der Waals surface area contributed by atoms with Crippen molar-refractivity contribution in [3.05, 3.63) is 24.5 Å². The highest BCUT2D eigenvalue weighted by Crippen LogP contribution is 2.16. The summed E-state index contributed by atoms with van der Waals surface area (Å²) in [5, 5.41) is 3.29. The van der Waals surface area contributed by atoms with Crippen molar-refractivity contribution in [2.75, 3.05) is 31.5 Å². The van der Waals surface area contributed by atoms with Crippen molar-refractivity contribution in [1.29, 1.82) is 0 Å². The fourth-order valence-electron chi connectivity index (χ4n) is 2.09. The standard InChI is InChI=1S/C14H26N4/c1-6-9-15-14-16-12(4)10-18(14)13(5)11-17(7-2)8-3/h6,10,13H,1,7-9,11H2,2-5H3,(H,15,16). The van der Waals surface area contributed by atoms with Crippen molar-refractivity contribution < 1.29 is 0 Å². The zero-order valence-corrected chi connectivity index (χ0v) is 12.1. The number of aryl methyl sites for hydroxylation is 1. The van der Waals surface area contributed by atoms with Crippen molar-refractivity contribution in [2.45, 2.75) is 33.7 Å². The van der Waals surface area contributed by atoms with Gasteiger partial charge < -0.3 is 14.8 Å². The number of nitrogens with zero attached hydrogens (tertiary/aromatic N) is 3. The zero-order valence-electron chi connectivity index (χ0n) is 12.1. The summed E-state index contributed by atoms with van der Waals surface area (Å²) < 4.78 is 2.22. The van der Waals surface area contributed by atoms with Crippen LogP contribution in [-0.4, -0.2) is 40.6 Å². The number of rotatable bonds is 8. The van der Waals surface area contributed by atoms with E-state index in [9.17, 15) is 0 Å². The second kappa shape index (κ2) is 7.21. The van der Waals surface area contributed by atoms with Crippen LogP contribution in [0.1, 0.15) is 32.5 Å². The second-order valence-corrected chi connectivity index (χ2v) is 4.62. The molecule has 1 heterocycles. The Morgan fingerprint density at radius 1 is 1.50 bits per heavy atom. The molecule has 4 heteroatoms. The molecular weight excluding hydrogens is 224 g/mol. The first kappa shape index (κ1) is 14.8. The highest BCUT2D eigenvalue weighted by Gasteiger charge is 2.13. The maximum absolute atomic E-state index is 4.51. The monoisotopic (exact) mass is 250 g/mol. The maximum atomic E-state index is 4.51. The molecule has 0 radical (unpaired) electrons. The van der Waals surface area contributed by atoms with Gasteiger partial charge in [0.2, 0.25) is 5.95 Å². The lowest BCUT2D eigenvalue weighted by Crippen LogP contribution is -2.29. The Balaban J connectivity index is 2.76. The molecular formula is C14H26N4. The van der Waals surface area contributed by atoms with Crippen molar-refractivity contribution in [3.63, 3.8) is 0 Å². The summed E-state index contributed by atoms with van der Waals surface area (Å²) >= 11 is 0. The Labute approximate surface area is 111 Å². The molecule has 0 aromatic carbocycles. The summed E-state index contributed by atoms with van der Waals surface area (Å²) in [5.74, 6) is 0.937. The Bertz CT molecular complexity index is 366. The quantitative estimate of drug-likeness (QED) is 0.720. The van der Waals surface area contributed by atoms with Crippen LogP contribution in [-0.2, 0) is 0 Å². The molecule has 0 aliphatic rings. The minimum Gasteiger partial charge on any atom is -0.352 e. The summed E-state index contributed by atoms with van der Waals surface area (Å²) in [6.45, 7) is 16.4. The third-order valence-corrected chi connectivity index (χ3v) is 3.15. The molecule has 1 N–H and O–H groups in total. The molecule has 0 saturated heterocycles. The van der Waals surface area contributed by atoms with Crippen LogP contribution >= 0.6 is 0 Å². The minimum atomic E-state index is 0.415. The highest BCUT2D eigenvalue weighted by atomic mass is 15.2. The van der Waals surface area contributed by atoms with Crippen LogP contribution in [0.25, 0.3) is 0 Å². The van der Waals surface area contributed by atoms with E-state index in [1.54, 1.807) is 0 Å². The topological polar surface area (TPSA) is 33.1 Å². The molecule has 4 nitrogen and oxygen atoms in total. The van der Waals surface area contributed by atoms with Crippen LogP contribution < -0.4 is 5.32 Å². The smallest absolute Gasteiger partial charge is 0.203 e. The Kier molecular flexibility index (Phi) is 5.92. The lowest BCUT2D eigenvalue weighted by molar-refractivity contribution is 0.262. The molecule has 1 atom stereocenters. The summed E-state index contributed by atoms with van der Waals surface area (Å²) in [6, 6.07) is 0.415. The van der Waals surface area contributed by atoms with Crippen LogP contribution in [0.15, 0.2) is 18.9 Å². The van der Waals surface area contributed by atoms with E-state index in [4.69, 9.17) is 0 Å². The SMILES string of the molecule is C=CCNc1nc(C)cn1C(C)CN(CC)CC. The third kappa shape index (κ3) is 3.88. The van der Waals surface area contributed by atoms with Gasteiger partial charge in [-0.15, -0.1) is 6.58 Å². The van der Waals surface area contributed by atoms with E-state index in [0.717, 1.165) is 37.8 Å². The normalized spacial score (nSPS) is 12.7. The lowest BCUT2D eigenvalue weighted by Gasteiger charge is -2.24. The average molecular weight is 250 g/mol. The minimum absolute atomic E-state index is 0.415. The molecule has 0 aliphatic carbocycles. The molecule has 1 aromatic heterocycles. The number of imidazole rings is 1. The molecule has 0 saturated carbocycles. The maximum Gasteiger partial charge on any atom is 0.203 e. The molecule has 0 amide bonds. The Hall–Kier alpha value is -1.29. The fourth-order valence-corrected chi connectivity index (χ4v) is 2.09. The Morgan fingerprint density at radius 3 is 2.72 bits per heavy atom. The largest absolute Gasteiger partial charge is 0.352 e. The molecule has 0 fully saturated rings. The number of hydrogen-bond acceptors (Lipinski definition) is 3. The first-order chi connectivity index (χ1) is 8.62. The number of likely N-dealkylation sites (N-methyl/N-ethyl adjacent to an activating group) is 1. The van der Waals surface area contributed by atoms with Crippen LogP contribution in [0.2, 0.25) is 0 Å². The van der Waals surface area contributed by atoms with Crippen molar-refractivity contribution in [3.8, 4) is 0 Å². The molecule has 0 aliphatic heterocycles. The van der Waals surface area contributed by atoms with Crippen molar-refractivity contribution >= 4 is 5.95 Å². The Morgan fingerprint density at radius 2 is 2.17 bits per heavy atom. The molecule has 1 rings (SSSR count). The van der Waals surface area contributed by atoms with Gasteiger partial charge in [0.15, 0.2) is 0 Å². The van der Waals surface area contributed by atoms with Gasteiger partial charge in [-0.25, -0.2) is 4.98 Å². The van der Waals surface area contributed by atoms with Crippen LogP contribution in [0.3, 0.4) is 0 Å². The van der Waals surface area contributed by atoms with Gasteiger partial charge in [0.05, 0.1) is 5.69 Å². The molecule has 1 aromatic rings. The van der Waals surface area contributed by atoms with E-state index in [0.29, 0.717) is 6.04 Å². The first-order valence-electron chi connectivity index (χ1n) is 6.74. The summed E-state index contributed by atoms with van der Waals surface area (Å²) in [7, 11) is 0. The van der Waals surface area contributed by atoms with Gasteiger partial charge in [-0.2, -0.15) is 0 Å². The van der Waals surface area contributed by atoms with Gasteiger partial charge in [-0.05, 0) is 26.9 Å². The van der Waals surface area contributed by atoms with Crippen LogP contribution in [0.5, 0.6) is 0 Å². The predicted molar refractivity (Wildman–Crippen MR) is 78.1 cm³/mol.